The molecule has 1 aliphatic rings. The van der Waals surface area contributed by atoms with Crippen molar-refractivity contribution in [2.24, 2.45) is 0 Å². The average Bonchev–Trinajstić information content (AvgIpc) is 2.82. The molecule has 1 fully saturated rings. The second-order valence-corrected chi connectivity index (χ2v) is 3.29. The van der Waals surface area contributed by atoms with Gasteiger partial charge in [-0.05, 0) is 31.9 Å². The van der Waals surface area contributed by atoms with Crippen molar-refractivity contribution >= 4 is 0 Å². The van der Waals surface area contributed by atoms with E-state index < -0.39 is 0 Å². The van der Waals surface area contributed by atoms with Crippen molar-refractivity contribution in [1.29, 1.82) is 0 Å². The Kier molecular flexibility index (Phi) is 11.5. The Morgan fingerprint density at radius 1 is 1.12 bits per heavy atom. The standard InChI is InChI=1S/C11H16O.2C2H6/c1-5-9(4)11-10(8(2)3)6-7-12-11;2*1-2/h5H,1,6-7H2,2-4H3;2*1-2H3/b11-9+;;. The van der Waals surface area contributed by atoms with Gasteiger partial charge in [0.2, 0.25) is 0 Å². The minimum Gasteiger partial charge on any atom is -0.493 e. The second kappa shape index (κ2) is 10.5. The Labute approximate surface area is 102 Å². The van der Waals surface area contributed by atoms with E-state index in [1.54, 1.807) is 0 Å². The zero-order valence-corrected chi connectivity index (χ0v) is 12.1. The first-order valence-corrected chi connectivity index (χ1v) is 6.29. The van der Waals surface area contributed by atoms with Crippen LogP contribution in [0.2, 0.25) is 0 Å². The van der Waals surface area contributed by atoms with Gasteiger partial charge in [0.05, 0.1) is 6.61 Å². The van der Waals surface area contributed by atoms with Crippen LogP contribution in [0.1, 0.15) is 54.9 Å². The zero-order valence-electron chi connectivity index (χ0n) is 12.1. The van der Waals surface area contributed by atoms with E-state index in [0.29, 0.717) is 0 Å². The predicted octanol–water partition coefficient (Wildman–Crippen LogP) is 5.26. The highest BCUT2D eigenvalue weighted by atomic mass is 16.5. The van der Waals surface area contributed by atoms with E-state index in [1.807, 2.05) is 40.7 Å². The summed E-state index contributed by atoms with van der Waals surface area (Å²) in [4.78, 5) is 0. The van der Waals surface area contributed by atoms with Gasteiger partial charge in [-0.3, -0.25) is 0 Å². The van der Waals surface area contributed by atoms with E-state index in [4.69, 9.17) is 4.74 Å². The molecule has 1 rings (SSSR count). The van der Waals surface area contributed by atoms with Crippen molar-refractivity contribution in [3.63, 3.8) is 0 Å². The quantitative estimate of drug-likeness (QED) is 0.590. The summed E-state index contributed by atoms with van der Waals surface area (Å²) < 4.78 is 5.53. The molecule has 16 heavy (non-hydrogen) atoms. The third kappa shape index (κ3) is 5.20. The molecule has 0 amide bonds. The molecule has 0 bridgehead atoms. The van der Waals surface area contributed by atoms with E-state index in [2.05, 4.69) is 20.4 Å². The summed E-state index contributed by atoms with van der Waals surface area (Å²) in [6, 6.07) is 0. The monoisotopic (exact) mass is 224 g/mol. The van der Waals surface area contributed by atoms with Gasteiger partial charge in [-0.2, -0.15) is 0 Å². The molecule has 0 aromatic heterocycles. The summed E-state index contributed by atoms with van der Waals surface area (Å²) in [7, 11) is 0. The summed E-state index contributed by atoms with van der Waals surface area (Å²) in [5.74, 6) is 1.05. The molecule has 0 aliphatic carbocycles. The Balaban J connectivity index is 0. The molecule has 0 radical (unpaired) electrons. The van der Waals surface area contributed by atoms with E-state index in [9.17, 15) is 0 Å². The molecule has 0 spiro atoms. The first kappa shape index (κ1) is 17.4. The lowest BCUT2D eigenvalue weighted by molar-refractivity contribution is 0.263. The second-order valence-electron chi connectivity index (χ2n) is 3.29. The highest BCUT2D eigenvalue weighted by Gasteiger charge is 2.17. The van der Waals surface area contributed by atoms with Crippen molar-refractivity contribution in [3.8, 4) is 0 Å². The van der Waals surface area contributed by atoms with Crippen molar-refractivity contribution in [2.75, 3.05) is 6.61 Å². The van der Waals surface area contributed by atoms with Crippen LogP contribution >= 0.6 is 0 Å². The van der Waals surface area contributed by atoms with Crippen LogP contribution in [0.15, 0.2) is 35.1 Å². The molecule has 0 saturated carbocycles. The maximum atomic E-state index is 5.53. The number of rotatable bonds is 1. The van der Waals surface area contributed by atoms with Gasteiger partial charge < -0.3 is 4.74 Å². The van der Waals surface area contributed by atoms with E-state index >= 15 is 0 Å². The summed E-state index contributed by atoms with van der Waals surface area (Å²) in [5.41, 5.74) is 3.85. The molecule has 0 aromatic rings. The fourth-order valence-electron chi connectivity index (χ4n) is 1.38. The lowest BCUT2D eigenvalue weighted by Crippen LogP contribution is -1.87. The summed E-state index contributed by atoms with van der Waals surface area (Å²) in [6.07, 6.45) is 2.90. The number of hydrogen-bond acceptors (Lipinski definition) is 1. The largest absolute Gasteiger partial charge is 0.493 e. The molecule has 1 heterocycles. The SMILES string of the molecule is C=C/C(C)=C1/OCCC1=C(C)C.CC.CC. The Hall–Kier alpha value is -0.980. The maximum Gasteiger partial charge on any atom is 0.125 e. The van der Waals surface area contributed by atoms with Gasteiger partial charge >= 0.3 is 0 Å². The molecule has 0 atom stereocenters. The van der Waals surface area contributed by atoms with Gasteiger partial charge in [-0.15, -0.1) is 0 Å². The van der Waals surface area contributed by atoms with Gasteiger partial charge in [0.1, 0.15) is 5.76 Å². The number of hydrogen-bond donors (Lipinski definition) is 0. The highest BCUT2D eigenvalue weighted by molar-refractivity contribution is 5.38. The summed E-state index contributed by atoms with van der Waals surface area (Å²) in [6.45, 7) is 18.8. The van der Waals surface area contributed by atoms with Crippen LogP contribution in [-0.4, -0.2) is 6.61 Å². The van der Waals surface area contributed by atoms with Crippen LogP contribution in [0, 0.1) is 0 Å². The van der Waals surface area contributed by atoms with Gasteiger partial charge in [-0.1, -0.05) is 45.9 Å². The van der Waals surface area contributed by atoms with Gasteiger partial charge in [0.15, 0.2) is 0 Å². The molecule has 1 aliphatic heterocycles. The Bertz CT molecular complexity index is 253. The lowest BCUT2D eigenvalue weighted by Gasteiger charge is -2.04. The molecule has 1 heteroatoms. The Morgan fingerprint density at radius 3 is 2.00 bits per heavy atom. The van der Waals surface area contributed by atoms with Crippen molar-refractivity contribution in [2.45, 2.75) is 54.9 Å². The summed E-state index contributed by atoms with van der Waals surface area (Å²) in [5, 5.41) is 0. The van der Waals surface area contributed by atoms with Gasteiger partial charge in [0, 0.05) is 6.42 Å². The van der Waals surface area contributed by atoms with Crippen molar-refractivity contribution < 1.29 is 4.74 Å². The van der Waals surface area contributed by atoms with Crippen LogP contribution < -0.4 is 0 Å². The molecule has 94 valence electrons. The molecule has 1 nitrogen and oxygen atoms in total. The van der Waals surface area contributed by atoms with Crippen LogP contribution in [-0.2, 0) is 4.74 Å². The lowest BCUT2D eigenvalue weighted by atomic mass is 10.0. The minimum atomic E-state index is 0.820. The smallest absolute Gasteiger partial charge is 0.125 e. The minimum absolute atomic E-state index is 0.820. The highest BCUT2D eigenvalue weighted by Crippen LogP contribution is 2.29. The van der Waals surface area contributed by atoms with Gasteiger partial charge in [-0.25, -0.2) is 0 Å². The van der Waals surface area contributed by atoms with E-state index in [0.717, 1.165) is 24.4 Å². The van der Waals surface area contributed by atoms with Crippen molar-refractivity contribution in [3.05, 3.63) is 35.1 Å². The average molecular weight is 224 g/mol. The zero-order chi connectivity index (χ0) is 13.1. The van der Waals surface area contributed by atoms with Crippen LogP contribution in [0.3, 0.4) is 0 Å². The molecular formula is C15H28O. The first-order chi connectivity index (χ1) is 7.66. The van der Waals surface area contributed by atoms with Crippen LogP contribution in [0.5, 0.6) is 0 Å². The third-order valence-electron chi connectivity index (χ3n) is 2.14. The number of ether oxygens (including phenoxy) is 1. The fraction of sp³-hybridized carbons (Fsp3) is 0.600. The molecule has 1 saturated heterocycles. The van der Waals surface area contributed by atoms with Crippen molar-refractivity contribution in [1.82, 2.24) is 0 Å². The van der Waals surface area contributed by atoms with Crippen LogP contribution in [0.25, 0.3) is 0 Å². The topological polar surface area (TPSA) is 9.23 Å². The van der Waals surface area contributed by atoms with E-state index in [1.165, 1.54) is 11.1 Å². The third-order valence-corrected chi connectivity index (χ3v) is 2.14. The first-order valence-electron chi connectivity index (χ1n) is 6.29. The predicted molar refractivity (Wildman–Crippen MR) is 74.5 cm³/mol. The normalized spacial score (nSPS) is 16.1. The molecule has 0 unspecified atom stereocenters. The maximum absolute atomic E-state index is 5.53. The molecule has 0 aromatic carbocycles. The van der Waals surface area contributed by atoms with Gasteiger partial charge in [0.25, 0.3) is 0 Å². The molecule has 0 N–H and O–H groups in total. The van der Waals surface area contributed by atoms with Crippen LogP contribution in [0.4, 0.5) is 0 Å². The fourth-order valence-corrected chi connectivity index (χ4v) is 1.38. The Morgan fingerprint density at radius 2 is 1.62 bits per heavy atom. The molecular weight excluding hydrogens is 196 g/mol. The number of allylic oxidation sites excluding steroid dienone is 4. The van der Waals surface area contributed by atoms with E-state index in [-0.39, 0.29) is 0 Å². The summed E-state index contributed by atoms with van der Waals surface area (Å²) >= 11 is 0.